The van der Waals surface area contributed by atoms with Gasteiger partial charge in [0, 0.05) is 13.0 Å². The van der Waals surface area contributed by atoms with Gasteiger partial charge in [0.15, 0.2) is 0 Å². The first-order valence-electron chi connectivity index (χ1n) is 18.4. The SMILES string of the molecule is CCCCCCCCCCCCCCCCCCOC(COC(=O)CCCCCCCCCCCCC)COP(=O)(O)O. The highest BCUT2D eigenvalue weighted by molar-refractivity contribution is 7.46. The molecular formula is C35H71O7P. The largest absolute Gasteiger partial charge is 0.469 e. The first-order chi connectivity index (χ1) is 20.9. The van der Waals surface area contributed by atoms with Gasteiger partial charge in [0.25, 0.3) is 0 Å². The first-order valence-corrected chi connectivity index (χ1v) is 19.9. The number of ether oxygens (including phenoxy) is 2. The Kier molecular flexibility index (Phi) is 32.6. The summed E-state index contributed by atoms with van der Waals surface area (Å²) in [4.78, 5) is 30.3. The zero-order valence-electron chi connectivity index (χ0n) is 28.4. The van der Waals surface area contributed by atoms with Crippen LogP contribution in [0.3, 0.4) is 0 Å². The van der Waals surface area contributed by atoms with Gasteiger partial charge in [-0.25, -0.2) is 4.57 Å². The molecule has 0 saturated carbocycles. The van der Waals surface area contributed by atoms with E-state index in [0.29, 0.717) is 13.0 Å². The van der Waals surface area contributed by atoms with Crippen LogP contribution in [0, 0.1) is 0 Å². The number of carbonyl (C=O) groups is 1. The number of rotatable bonds is 35. The van der Waals surface area contributed by atoms with Gasteiger partial charge >= 0.3 is 13.8 Å². The summed E-state index contributed by atoms with van der Waals surface area (Å²) < 4.78 is 26.9. The average Bonchev–Trinajstić information content (AvgIpc) is 2.98. The Labute approximate surface area is 266 Å². The topological polar surface area (TPSA) is 102 Å². The minimum atomic E-state index is -4.61. The van der Waals surface area contributed by atoms with Crippen molar-refractivity contribution in [2.45, 2.75) is 200 Å². The highest BCUT2D eigenvalue weighted by Gasteiger charge is 2.20. The van der Waals surface area contributed by atoms with Crippen molar-refractivity contribution in [1.82, 2.24) is 0 Å². The minimum Gasteiger partial charge on any atom is -0.463 e. The number of carbonyl (C=O) groups excluding carboxylic acids is 1. The van der Waals surface area contributed by atoms with Crippen LogP contribution in [0.5, 0.6) is 0 Å². The maximum Gasteiger partial charge on any atom is 0.469 e. The minimum absolute atomic E-state index is 0.0459. The molecule has 0 aliphatic rings. The quantitative estimate of drug-likeness (QED) is 0.0406. The Hall–Kier alpha value is -0.460. The lowest BCUT2D eigenvalue weighted by Crippen LogP contribution is -2.27. The Morgan fingerprint density at radius 1 is 0.535 bits per heavy atom. The van der Waals surface area contributed by atoms with E-state index in [9.17, 15) is 9.36 Å². The third kappa shape index (κ3) is 35.9. The van der Waals surface area contributed by atoms with Crippen LogP contribution in [0.15, 0.2) is 0 Å². The van der Waals surface area contributed by atoms with E-state index in [2.05, 4.69) is 18.4 Å². The Morgan fingerprint density at radius 3 is 1.26 bits per heavy atom. The van der Waals surface area contributed by atoms with Crippen molar-refractivity contribution in [2.75, 3.05) is 19.8 Å². The van der Waals surface area contributed by atoms with Gasteiger partial charge in [-0.2, -0.15) is 0 Å². The summed E-state index contributed by atoms with van der Waals surface area (Å²) in [6.07, 6.45) is 33.9. The fourth-order valence-corrected chi connectivity index (χ4v) is 5.78. The van der Waals surface area contributed by atoms with Crippen LogP contribution in [-0.4, -0.2) is 41.7 Å². The van der Waals surface area contributed by atoms with E-state index in [1.54, 1.807) is 0 Å². The number of esters is 1. The second-order valence-corrected chi connectivity index (χ2v) is 13.8. The summed E-state index contributed by atoms with van der Waals surface area (Å²) in [5, 5.41) is 0. The zero-order chi connectivity index (χ0) is 31.7. The van der Waals surface area contributed by atoms with E-state index in [0.717, 1.165) is 32.1 Å². The summed E-state index contributed by atoms with van der Waals surface area (Å²) >= 11 is 0. The summed E-state index contributed by atoms with van der Waals surface area (Å²) in [5.41, 5.74) is 0. The molecule has 7 nitrogen and oxygen atoms in total. The molecule has 0 fully saturated rings. The predicted molar refractivity (Wildman–Crippen MR) is 179 cm³/mol. The van der Waals surface area contributed by atoms with Crippen molar-refractivity contribution in [1.29, 1.82) is 0 Å². The lowest BCUT2D eigenvalue weighted by atomic mass is 10.0. The fraction of sp³-hybridized carbons (Fsp3) is 0.971. The Bertz CT molecular complexity index is 625. The van der Waals surface area contributed by atoms with Gasteiger partial charge in [-0.05, 0) is 12.8 Å². The van der Waals surface area contributed by atoms with Crippen molar-refractivity contribution in [3.8, 4) is 0 Å². The molecule has 0 aliphatic carbocycles. The smallest absolute Gasteiger partial charge is 0.463 e. The van der Waals surface area contributed by atoms with Crippen molar-refractivity contribution in [2.24, 2.45) is 0 Å². The van der Waals surface area contributed by atoms with Gasteiger partial charge in [-0.1, -0.05) is 174 Å². The van der Waals surface area contributed by atoms with Gasteiger partial charge < -0.3 is 19.3 Å². The van der Waals surface area contributed by atoms with Crippen LogP contribution in [0.4, 0.5) is 0 Å². The molecule has 1 atom stereocenters. The second kappa shape index (κ2) is 32.9. The number of hydrogen-bond donors (Lipinski definition) is 2. The number of hydrogen-bond acceptors (Lipinski definition) is 5. The molecule has 0 bridgehead atoms. The standard InChI is InChI=1S/C35H71O7P/c1-3-5-7-9-11-13-15-16-17-18-19-21-23-25-27-29-31-40-34(33-42-43(37,38)39)32-41-35(36)30-28-26-24-22-20-14-12-10-8-6-4-2/h34H,3-33H2,1-2H3,(H2,37,38,39). The maximum atomic E-state index is 12.2. The predicted octanol–water partition coefficient (Wildman–Crippen LogP) is 11.0. The molecule has 258 valence electrons. The van der Waals surface area contributed by atoms with Crippen molar-refractivity contribution < 1.29 is 33.1 Å². The molecule has 0 aromatic rings. The molecule has 0 rings (SSSR count). The van der Waals surface area contributed by atoms with Gasteiger partial charge in [0.1, 0.15) is 12.7 Å². The van der Waals surface area contributed by atoms with E-state index >= 15 is 0 Å². The highest BCUT2D eigenvalue weighted by Crippen LogP contribution is 2.35. The summed E-state index contributed by atoms with van der Waals surface area (Å²) in [6, 6.07) is 0. The van der Waals surface area contributed by atoms with Crippen LogP contribution < -0.4 is 0 Å². The lowest BCUT2D eigenvalue weighted by Gasteiger charge is -2.18. The third-order valence-electron chi connectivity index (χ3n) is 8.19. The Morgan fingerprint density at radius 2 is 0.884 bits per heavy atom. The number of phosphoric ester groups is 1. The van der Waals surface area contributed by atoms with E-state index < -0.39 is 13.9 Å². The van der Waals surface area contributed by atoms with Crippen molar-refractivity contribution in [3.63, 3.8) is 0 Å². The van der Waals surface area contributed by atoms with Crippen LogP contribution in [0.2, 0.25) is 0 Å². The van der Waals surface area contributed by atoms with Gasteiger partial charge in [0.05, 0.1) is 6.61 Å². The molecule has 0 aliphatic heterocycles. The molecular weight excluding hydrogens is 563 g/mol. The average molecular weight is 635 g/mol. The molecule has 2 N–H and O–H groups in total. The molecule has 0 heterocycles. The molecule has 0 aromatic carbocycles. The van der Waals surface area contributed by atoms with Gasteiger partial charge in [-0.15, -0.1) is 0 Å². The Balaban J connectivity index is 3.78. The van der Waals surface area contributed by atoms with Crippen LogP contribution in [0.1, 0.15) is 194 Å². The highest BCUT2D eigenvalue weighted by atomic mass is 31.2. The van der Waals surface area contributed by atoms with Crippen LogP contribution in [-0.2, 0) is 23.4 Å². The fourth-order valence-electron chi connectivity index (χ4n) is 5.42. The first kappa shape index (κ1) is 42.5. The van der Waals surface area contributed by atoms with E-state index in [1.807, 2.05) is 0 Å². The molecule has 0 aromatic heterocycles. The maximum absolute atomic E-state index is 12.2. The third-order valence-corrected chi connectivity index (χ3v) is 8.68. The monoisotopic (exact) mass is 634 g/mol. The van der Waals surface area contributed by atoms with Gasteiger partial charge in [-0.3, -0.25) is 9.32 Å². The number of phosphoric acid groups is 1. The molecule has 0 saturated heterocycles. The molecule has 8 heteroatoms. The van der Waals surface area contributed by atoms with E-state index in [4.69, 9.17) is 19.3 Å². The normalized spacial score (nSPS) is 12.6. The summed E-state index contributed by atoms with van der Waals surface area (Å²) in [6.45, 7) is 4.63. The second-order valence-electron chi connectivity index (χ2n) is 12.6. The lowest BCUT2D eigenvalue weighted by molar-refractivity contribution is -0.149. The van der Waals surface area contributed by atoms with Gasteiger partial charge in [0.2, 0.25) is 0 Å². The summed E-state index contributed by atoms with van der Waals surface area (Å²) in [5.74, 6) is -0.289. The van der Waals surface area contributed by atoms with E-state index in [-0.39, 0.29) is 19.2 Å². The molecule has 0 spiro atoms. The van der Waals surface area contributed by atoms with Crippen molar-refractivity contribution in [3.05, 3.63) is 0 Å². The molecule has 0 amide bonds. The van der Waals surface area contributed by atoms with Crippen LogP contribution >= 0.6 is 7.82 Å². The zero-order valence-corrected chi connectivity index (χ0v) is 29.3. The number of unbranched alkanes of at least 4 members (excludes halogenated alkanes) is 25. The van der Waals surface area contributed by atoms with Crippen LogP contribution in [0.25, 0.3) is 0 Å². The molecule has 43 heavy (non-hydrogen) atoms. The van der Waals surface area contributed by atoms with Crippen molar-refractivity contribution >= 4 is 13.8 Å². The summed E-state index contributed by atoms with van der Waals surface area (Å²) in [7, 11) is -4.61. The molecule has 1 unspecified atom stereocenters. The molecule has 0 radical (unpaired) electrons. The van der Waals surface area contributed by atoms with E-state index in [1.165, 1.54) is 141 Å².